The normalized spacial score (nSPS) is 11.9. The average Bonchev–Trinajstić information content (AvgIpc) is 2.69. The van der Waals surface area contributed by atoms with E-state index in [1.807, 2.05) is 13.0 Å². The standard InChI is InChI=1S/C11H16N4O2S2/c1-3-19(16,17)5-4-13-9-8-6-7(2)18-10(8)15-11(12)14-9/h6H,3-5H2,1-2H3,(H3,12,13,14,15). The van der Waals surface area contributed by atoms with E-state index in [2.05, 4.69) is 15.3 Å². The number of nitrogens with zero attached hydrogens (tertiary/aromatic N) is 2. The predicted octanol–water partition coefficient (Wildman–Crippen LogP) is 1.43. The Morgan fingerprint density at radius 2 is 2.16 bits per heavy atom. The summed E-state index contributed by atoms with van der Waals surface area (Å²) in [6, 6.07) is 1.97. The second kappa shape index (κ2) is 5.30. The predicted molar refractivity (Wildman–Crippen MR) is 79.4 cm³/mol. The van der Waals surface area contributed by atoms with Gasteiger partial charge in [-0.3, -0.25) is 0 Å². The van der Waals surface area contributed by atoms with Gasteiger partial charge in [0.15, 0.2) is 9.84 Å². The van der Waals surface area contributed by atoms with Gasteiger partial charge in [-0.1, -0.05) is 6.92 Å². The number of thiophene rings is 1. The van der Waals surface area contributed by atoms with E-state index in [1.165, 1.54) is 11.3 Å². The molecule has 0 unspecified atom stereocenters. The third-order valence-electron chi connectivity index (χ3n) is 2.68. The number of fused-ring (bicyclic) bond motifs is 1. The quantitative estimate of drug-likeness (QED) is 0.867. The number of aryl methyl sites for hydroxylation is 1. The minimum atomic E-state index is -2.98. The smallest absolute Gasteiger partial charge is 0.223 e. The van der Waals surface area contributed by atoms with E-state index in [9.17, 15) is 8.42 Å². The minimum absolute atomic E-state index is 0.0814. The van der Waals surface area contributed by atoms with Crippen molar-refractivity contribution in [3.63, 3.8) is 0 Å². The van der Waals surface area contributed by atoms with Gasteiger partial charge in [0.25, 0.3) is 0 Å². The zero-order valence-corrected chi connectivity index (χ0v) is 12.4. The lowest BCUT2D eigenvalue weighted by atomic mass is 10.3. The van der Waals surface area contributed by atoms with Gasteiger partial charge in [-0.15, -0.1) is 11.3 Å². The molecular formula is C11H16N4O2S2. The molecule has 0 spiro atoms. The van der Waals surface area contributed by atoms with Crippen molar-refractivity contribution in [1.82, 2.24) is 9.97 Å². The van der Waals surface area contributed by atoms with Gasteiger partial charge < -0.3 is 11.1 Å². The number of nitrogen functional groups attached to an aromatic ring is 1. The van der Waals surface area contributed by atoms with Crippen molar-refractivity contribution in [2.24, 2.45) is 0 Å². The SMILES string of the molecule is CCS(=O)(=O)CCNc1nc(N)nc2sc(C)cc12. The molecular weight excluding hydrogens is 284 g/mol. The number of rotatable bonds is 5. The lowest BCUT2D eigenvalue weighted by Gasteiger charge is -2.07. The van der Waals surface area contributed by atoms with Crippen LogP contribution >= 0.6 is 11.3 Å². The lowest BCUT2D eigenvalue weighted by Crippen LogP contribution is -2.18. The fraction of sp³-hybridized carbons (Fsp3) is 0.455. The Labute approximate surface area is 116 Å². The molecule has 0 bridgehead atoms. The number of sulfone groups is 1. The van der Waals surface area contributed by atoms with E-state index < -0.39 is 9.84 Å². The fourth-order valence-electron chi connectivity index (χ4n) is 1.66. The Morgan fingerprint density at radius 1 is 1.42 bits per heavy atom. The Morgan fingerprint density at radius 3 is 2.84 bits per heavy atom. The van der Waals surface area contributed by atoms with E-state index in [4.69, 9.17) is 5.73 Å². The van der Waals surface area contributed by atoms with Gasteiger partial charge in [0.05, 0.1) is 11.1 Å². The van der Waals surface area contributed by atoms with Gasteiger partial charge in [0.2, 0.25) is 5.95 Å². The summed E-state index contributed by atoms with van der Waals surface area (Å²) in [5.41, 5.74) is 5.64. The maximum atomic E-state index is 11.4. The number of hydrogen-bond donors (Lipinski definition) is 2. The first-order valence-electron chi connectivity index (χ1n) is 5.89. The molecule has 3 N–H and O–H groups in total. The summed E-state index contributed by atoms with van der Waals surface area (Å²) in [6.45, 7) is 3.93. The Balaban J connectivity index is 2.20. The zero-order chi connectivity index (χ0) is 14.0. The third kappa shape index (κ3) is 3.32. The van der Waals surface area contributed by atoms with E-state index in [0.717, 1.165) is 15.1 Å². The summed E-state index contributed by atoms with van der Waals surface area (Å²) in [7, 11) is -2.98. The molecule has 2 aromatic rings. The molecule has 2 aromatic heterocycles. The van der Waals surface area contributed by atoms with Crippen LogP contribution < -0.4 is 11.1 Å². The van der Waals surface area contributed by atoms with Crippen molar-refractivity contribution in [2.75, 3.05) is 29.1 Å². The van der Waals surface area contributed by atoms with E-state index in [-0.39, 0.29) is 17.5 Å². The highest BCUT2D eigenvalue weighted by molar-refractivity contribution is 7.91. The topological polar surface area (TPSA) is 98.0 Å². The molecule has 104 valence electrons. The van der Waals surface area contributed by atoms with Gasteiger partial charge in [-0.05, 0) is 13.0 Å². The number of nitrogens with two attached hydrogens (primary N) is 1. The molecule has 0 fully saturated rings. The Bertz CT molecular complexity index is 694. The molecule has 0 aromatic carbocycles. The number of hydrogen-bond acceptors (Lipinski definition) is 7. The van der Waals surface area contributed by atoms with E-state index >= 15 is 0 Å². The van der Waals surface area contributed by atoms with Gasteiger partial charge in [-0.25, -0.2) is 13.4 Å². The van der Waals surface area contributed by atoms with Crippen LogP contribution in [0.15, 0.2) is 6.07 Å². The molecule has 0 atom stereocenters. The van der Waals surface area contributed by atoms with E-state index in [0.29, 0.717) is 12.4 Å². The highest BCUT2D eigenvalue weighted by Gasteiger charge is 2.11. The van der Waals surface area contributed by atoms with Crippen molar-refractivity contribution < 1.29 is 8.42 Å². The van der Waals surface area contributed by atoms with Crippen LogP contribution in [0.25, 0.3) is 10.2 Å². The minimum Gasteiger partial charge on any atom is -0.368 e. The zero-order valence-electron chi connectivity index (χ0n) is 10.8. The number of anilines is 2. The third-order valence-corrected chi connectivity index (χ3v) is 5.33. The average molecular weight is 300 g/mol. The first-order valence-corrected chi connectivity index (χ1v) is 8.53. The van der Waals surface area contributed by atoms with Crippen LogP contribution in [-0.4, -0.2) is 36.4 Å². The molecule has 2 rings (SSSR count). The second-order valence-electron chi connectivity index (χ2n) is 4.17. The maximum Gasteiger partial charge on any atom is 0.223 e. The second-order valence-corrected chi connectivity index (χ2v) is 7.88. The van der Waals surface area contributed by atoms with E-state index in [1.54, 1.807) is 6.92 Å². The van der Waals surface area contributed by atoms with Crippen molar-refractivity contribution in [3.05, 3.63) is 10.9 Å². The van der Waals surface area contributed by atoms with Crippen molar-refractivity contribution in [1.29, 1.82) is 0 Å². The van der Waals surface area contributed by atoms with Crippen LogP contribution in [0.4, 0.5) is 11.8 Å². The Kier molecular flexibility index (Phi) is 3.91. The summed E-state index contributed by atoms with van der Waals surface area (Å²) >= 11 is 1.53. The lowest BCUT2D eigenvalue weighted by molar-refractivity contribution is 0.597. The first-order chi connectivity index (χ1) is 8.91. The summed E-state index contributed by atoms with van der Waals surface area (Å²) < 4.78 is 22.9. The van der Waals surface area contributed by atoms with Crippen LogP contribution in [0, 0.1) is 6.92 Å². The molecule has 0 amide bonds. The van der Waals surface area contributed by atoms with Crippen LogP contribution in [0.5, 0.6) is 0 Å². The maximum absolute atomic E-state index is 11.4. The first kappa shape index (κ1) is 14.0. The molecule has 0 aliphatic heterocycles. The molecule has 19 heavy (non-hydrogen) atoms. The summed E-state index contributed by atoms with van der Waals surface area (Å²) in [6.07, 6.45) is 0. The van der Waals surface area contributed by atoms with Gasteiger partial charge in [0.1, 0.15) is 10.6 Å². The van der Waals surface area contributed by atoms with Crippen LogP contribution in [-0.2, 0) is 9.84 Å². The highest BCUT2D eigenvalue weighted by Crippen LogP contribution is 2.28. The molecule has 2 heterocycles. The molecule has 0 aliphatic rings. The molecule has 0 aliphatic carbocycles. The van der Waals surface area contributed by atoms with Crippen LogP contribution in [0.1, 0.15) is 11.8 Å². The van der Waals surface area contributed by atoms with Gasteiger partial charge in [0, 0.05) is 17.2 Å². The van der Waals surface area contributed by atoms with Crippen LogP contribution in [0.3, 0.4) is 0 Å². The summed E-state index contributed by atoms with van der Waals surface area (Å²) in [4.78, 5) is 10.2. The molecule has 6 nitrogen and oxygen atoms in total. The van der Waals surface area contributed by atoms with Crippen molar-refractivity contribution >= 4 is 43.2 Å². The van der Waals surface area contributed by atoms with Crippen LogP contribution in [0.2, 0.25) is 0 Å². The van der Waals surface area contributed by atoms with Gasteiger partial charge >= 0.3 is 0 Å². The Hall–Kier alpha value is -1.41. The highest BCUT2D eigenvalue weighted by atomic mass is 32.2. The number of nitrogens with one attached hydrogen (secondary N) is 1. The largest absolute Gasteiger partial charge is 0.368 e. The molecule has 0 radical (unpaired) electrons. The summed E-state index contributed by atoms with van der Waals surface area (Å²) in [5, 5.41) is 3.91. The summed E-state index contributed by atoms with van der Waals surface area (Å²) in [5.74, 6) is 1.01. The molecule has 0 saturated heterocycles. The fourth-order valence-corrected chi connectivity index (χ4v) is 3.25. The molecule has 0 saturated carbocycles. The monoisotopic (exact) mass is 300 g/mol. The van der Waals surface area contributed by atoms with Crippen molar-refractivity contribution in [2.45, 2.75) is 13.8 Å². The molecule has 8 heteroatoms. The van der Waals surface area contributed by atoms with Gasteiger partial charge in [-0.2, -0.15) is 4.98 Å². The van der Waals surface area contributed by atoms with Crippen molar-refractivity contribution in [3.8, 4) is 0 Å². The number of aromatic nitrogens is 2.